The lowest BCUT2D eigenvalue weighted by molar-refractivity contribution is -0.115. The number of rotatable bonds is 7. The quantitative estimate of drug-likeness (QED) is 0.793. The highest BCUT2D eigenvalue weighted by Gasteiger charge is 2.09. The van der Waals surface area contributed by atoms with E-state index in [-0.39, 0.29) is 24.0 Å². The molecule has 22 heavy (non-hydrogen) atoms. The molecule has 1 aromatic rings. The fourth-order valence-electron chi connectivity index (χ4n) is 1.61. The summed E-state index contributed by atoms with van der Waals surface area (Å²) in [5, 5.41) is 5.40. The van der Waals surface area contributed by atoms with Crippen LogP contribution in [0.1, 0.15) is 30.6 Å². The summed E-state index contributed by atoms with van der Waals surface area (Å²) in [7, 11) is -3.16. The summed E-state index contributed by atoms with van der Waals surface area (Å²) in [6.07, 6.45) is 1.00. The van der Waals surface area contributed by atoms with E-state index in [0.29, 0.717) is 23.7 Å². The van der Waals surface area contributed by atoms with Gasteiger partial charge in [0, 0.05) is 30.5 Å². The molecule has 0 bridgehead atoms. The summed E-state index contributed by atoms with van der Waals surface area (Å²) in [6, 6.07) is 6.45. The molecule has 122 valence electrons. The lowest BCUT2D eigenvalue weighted by Crippen LogP contribution is -2.27. The standard InChI is InChI=1S/C15H22N2O4S/c1-11(2)10-16-15(19)12-4-6-13(7-5-12)17-14(18)8-9-22(3,20)21/h4-7,11H,8-10H2,1-3H3,(H,16,19)(H,17,18). The molecule has 6 nitrogen and oxygen atoms in total. The van der Waals surface area contributed by atoms with Gasteiger partial charge >= 0.3 is 0 Å². The maximum Gasteiger partial charge on any atom is 0.251 e. The lowest BCUT2D eigenvalue weighted by atomic mass is 10.1. The molecule has 2 N–H and O–H groups in total. The lowest BCUT2D eigenvalue weighted by Gasteiger charge is -2.09. The molecule has 0 atom stereocenters. The number of carbonyl (C=O) groups excluding carboxylic acids is 2. The summed E-state index contributed by atoms with van der Waals surface area (Å²) in [4.78, 5) is 23.4. The largest absolute Gasteiger partial charge is 0.352 e. The van der Waals surface area contributed by atoms with Gasteiger partial charge in [-0.3, -0.25) is 9.59 Å². The monoisotopic (exact) mass is 326 g/mol. The highest BCUT2D eigenvalue weighted by molar-refractivity contribution is 7.90. The van der Waals surface area contributed by atoms with Crippen molar-refractivity contribution >= 4 is 27.3 Å². The van der Waals surface area contributed by atoms with Gasteiger partial charge in [0.05, 0.1) is 5.75 Å². The molecule has 7 heteroatoms. The van der Waals surface area contributed by atoms with Gasteiger partial charge in [-0.05, 0) is 30.2 Å². The number of hydrogen-bond donors (Lipinski definition) is 2. The Hall–Kier alpha value is -1.89. The average molecular weight is 326 g/mol. The van der Waals surface area contributed by atoms with Gasteiger partial charge in [-0.1, -0.05) is 13.8 Å². The van der Waals surface area contributed by atoms with Crippen molar-refractivity contribution in [2.45, 2.75) is 20.3 Å². The molecule has 0 radical (unpaired) electrons. The average Bonchev–Trinajstić information content (AvgIpc) is 2.42. The molecule has 0 aliphatic carbocycles. The number of anilines is 1. The van der Waals surface area contributed by atoms with E-state index < -0.39 is 9.84 Å². The molecule has 2 amide bonds. The number of amides is 2. The molecule has 0 aliphatic heterocycles. The second-order valence-corrected chi connectivity index (χ2v) is 7.87. The van der Waals surface area contributed by atoms with Crippen LogP contribution in [0.4, 0.5) is 5.69 Å². The van der Waals surface area contributed by atoms with Gasteiger partial charge < -0.3 is 10.6 Å². The van der Waals surface area contributed by atoms with E-state index >= 15 is 0 Å². The molecule has 0 aromatic heterocycles. The predicted octanol–water partition coefficient (Wildman–Crippen LogP) is 1.45. The van der Waals surface area contributed by atoms with Crippen LogP contribution in [0.25, 0.3) is 0 Å². The maximum absolute atomic E-state index is 11.8. The normalized spacial score (nSPS) is 11.3. The van der Waals surface area contributed by atoms with Crippen LogP contribution in [0.2, 0.25) is 0 Å². The first-order valence-corrected chi connectivity index (χ1v) is 9.09. The Morgan fingerprint density at radius 2 is 1.73 bits per heavy atom. The van der Waals surface area contributed by atoms with E-state index in [0.717, 1.165) is 6.26 Å². The highest BCUT2D eigenvalue weighted by Crippen LogP contribution is 2.10. The van der Waals surface area contributed by atoms with E-state index in [1.165, 1.54) is 0 Å². The molecule has 1 rings (SSSR count). The van der Waals surface area contributed by atoms with Crippen molar-refractivity contribution < 1.29 is 18.0 Å². The van der Waals surface area contributed by atoms with Crippen LogP contribution in [-0.2, 0) is 14.6 Å². The summed E-state index contributed by atoms with van der Waals surface area (Å²) in [6.45, 7) is 4.62. The number of sulfone groups is 1. The molecule has 0 aliphatic rings. The second-order valence-electron chi connectivity index (χ2n) is 5.61. The third-order valence-corrected chi connectivity index (χ3v) is 3.75. The minimum atomic E-state index is -3.16. The summed E-state index contributed by atoms with van der Waals surface area (Å²) < 4.78 is 22.0. The topological polar surface area (TPSA) is 92.3 Å². The first kappa shape index (κ1) is 18.2. The first-order chi connectivity index (χ1) is 10.2. The zero-order valence-electron chi connectivity index (χ0n) is 13.0. The molecular formula is C15H22N2O4S. The van der Waals surface area contributed by atoms with Gasteiger partial charge in [0.15, 0.2) is 0 Å². The second kappa shape index (κ2) is 7.93. The van der Waals surface area contributed by atoms with Crippen molar-refractivity contribution in [3.63, 3.8) is 0 Å². The minimum Gasteiger partial charge on any atom is -0.352 e. The molecular weight excluding hydrogens is 304 g/mol. The van der Waals surface area contributed by atoms with Crippen LogP contribution < -0.4 is 10.6 Å². The number of nitrogens with one attached hydrogen (secondary N) is 2. The third-order valence-electron chi connectivity index (χ3n) is 2.80. The molecule has 0 heterocycles. The fraction of sp³-hybridized carbons (Fsp3) is 0.467. The van der Waals surface area contributed by atoms with Crippen LogP contribution in [0.3, 0.4) is 0 Å². The number of hydrogen-bond acceptors (Lipinski definition) is 4. The predicted molar refractivity (Wildman–Crippen MR) is 86.6 cm³/mol. The van der Waals surface area contributed by atoms with Gasteiger partial charge in [0.2, 0.25) is 5.91 Å². The van der Waals surface area contributed by atoms with Crippen LogP contribution in [-0.4, -0.2) is 38.8 Å². The Kier molecular flexibility index (Phi) is 6.55. The van der Waals surface area contributed by atoms with E-state index in [1.54, 1.807) is 24.3 Å². The number of carbonyl (C=O) groups is 2. The fourth-order valence-corrected chi connectivity index (χ4v) is 2.16. The van der Waals surface area contributed by atoms with E-state index in [2.05, 4.69) is 10.6 Å². The summed E-state index contributed by atoms with van der Waals surface area (Å²) in [5.74, 6) is -0.349. The first-order valence-electron chi connectivity index (χ1n) is 7.03. The highest BCUT2D eigenvalue weighted by atomic mass is 32.2. The Bertz CT molecular complexity index is 621. The van der Waals surface area contributed by atoms with Gasteiger partial charge in [-0.15, -0.1) is 0 Å². The SMILES string of the molecule is CC(C)CNC(=O)c1ccc(NC(=O)CCS(C)(=O)=O)cc1. The minimum absolute atomic E-state index is 0.0878. The van der Waals surface area contributed by atoms with Crippen LogP contribution in [0.15, 0.2) is 24.3 Å². The van der Waals surface area contributed by atoms with Crippen molar-refractivity contribution in [2.75, 3.05) is 23.9 Å². The van der Waals surface area contributed by atoms with E-state index in [4.69, 9.17) is 0 Å². The Morgan fingerprint density at radius 3 is 2.23 bits per heavy atom. The van der Waals surface area contributed by atoms with Crippen LogP contribution in [0.5, 0.6) is 0 Å². The molecule has 0 saturated heterocycles. The van der Waals surface area contributed by atoms with Crippen LogP contribution in [0, 0.1) is 5.92 Å². The smallest absolute Gasteiger partial charge is 0.251 e. The Labute approximate surface area is 131 Å². The van der Waals surface area contributed by atoms with Crippen LogP contribution >= 0.6 is 0 Å². The van der Waals surface area contributed by atoms with Crippen molar-refractivity contribution in [1.29, 1.82) is 0 Å². The van der Waals surface area contributed by atoms with Gasteiger partial charge in [-0.25, -0.2) is 8.42 Å². The van der Waals surface area contributed by atoms with E-state index in [9.17, 15) is 18.0 Å². The van der Waals surface area contributed by atoms with Crippen molar-refractivity contribution in [2.24, 2.45) is 5.92 Å². The maximum atomic E-state index is 11.8. The van der Waals surface area contributed by atoms with Gasteiger partial charge in [0.1, 0.15) is 9.84 Å². The summed E-state index contributed by atoms with van der Waals surface area (Å²) >= 11 is 0. The zero-order chi connectivity index (χ0) is 16.8. The Balaban J connectivity index is 2.54. The zero-order valence-corrected chi connectivity index (χ0v) is 13.9. The van der Waals surface area contributed by atoms with Crippen molar-refractivity contribution in [3.8, 4) is 0 Å². The molecule has 0 fully saturated rings. The molecule has 0 unspecified atom stereocenters. The number of benzene rings is 1. The summed E-state index contributed by atoms with van der Waals surface area (Å²) in [5.41, 5.74) is 1.04. The van der Waals surface area contributed by atoms with E-state index in [1.807, 2.05) is 13.8 Å². The molecule has 0 spiro atoms. The third kappa shape index (κ3) is 7.21. The Morgan fingerprint density at radius 1 is 1.14 bits per heavy atom. The molecule has 1 aromatic carbocycles. The van der Waals surface area contributed by atoms with Gasteiger partial charge in [0.25, 0.3) is 5.91 Å². The van der Waals surface area contributed by atoms with Gasteiger partial charge in [-0.2, -0.15) is 0 Å². The molecule has 0 saturated carbocycles. The van der Waals surface area contributed by atoms with Crippen molar-refractivity contribution in [3.05, 3.63) is 29.8 Å². The van der Waals surface area contributed by atoms with Crippen molar-refractivity contribution in [1.82, 2.24) is 5.32 Å².